The maximum atomic E-state index is 11.7. The highest BCUT2D eigenvalue weighted by Crippen LogP contribution is 2.14. The average Bonchev–Trinajstić information content (AvgIpc) is 2.57. The van der Waals surface area contributed by atoms with E-state index in [1.165, 1.54) is 10.9 Å². The van der Waals surface area contributed by atoms with Gasteiger partial charge in [0.2, 0.25) is 0 Å². The van der Waals surface area contributed by atoms with Crippen LogP contribution in [0, 0.1) is 0 Å². The fourth-order valence-corrected chi connectivity index (χ4v) is 1.37. The molecule has 0 spiro atoms. The lowest BCUT2D eigenvalue weighted by atomic mass is 10.2. The van der Waals surface area contributed by atoms with E-state index >= 15 is 0 Å². The fraction of sp³-hybridized carbons (Fsp3) is 0.545. The van der Waals surface area contributed by atoms with Gasteiger partial charge in [0.15, 0.2) is 0 Å². The molecule has 0 aliphatic carbocycles. The van der Waals surface area contributed by atoms with Crippen LogP contribution in [0.25, 0.3) is 0 Å². The first-order valence-electron chi connectivity index (χ1n) is 5.46. The zero-order valence-corrected chi connectivity index (χ0v) is 11.8. The fourth-order valence-electron chi connectivity index (χ4n) is 1.22. The van der Waals surface area contributed by atoms with Crippen LogP contribution in [-0.2, 0) is 16.6 Å². The topological polar surface area (TPSA) is 82.2 Å². The average molecular weight is 270 g/mol. The number of anilines is 1. The number of nitrogens with zero attached hydrogens (tertiary/aromatic N) is 2. The minimum atomic E-state index is -0.365. The van der Waals surface area contributed by atoms with Gasteiger partial charge in [-0.2, -0.15) is 5.10 Å². The summed E-state index contributed by atoms with van der Waals surface area (Å²) in [6.07, 6.45) is 1.52. The lowest BCUT2D eigenvalue weighted by molar-refractivity contribution is -0.125. The molecule has 1 rings (SSSR count). The van der Waals surface area contributed by atoms with E-state index in [1.807, 2.05) is 20.8 Å². The summed E-state index contributed by atoms with van der Waals surface area (Å²) < 4.78 is 6.88. The number of hydrogen-bond donors (Lipinski definition) is 2. The number of thiocarbonyl (C=S) groups is 1. The molecule has 1 aromatic heterocycles. The predicted molar refractivity (Wildman–Crippen MR) is 73.4 cm³/mol. The first kappa shape index (κ1) is 14.6. The van der Waals surface area contributed by atoms with Crippen molar-refractivity contribution in [1.29, 1.82) is 0 Å². The van der Waals surface area contributed by atoms with Gasteiger partial charge >= 0.3 is 0 Å². The second-order valence-electron chi connectivity index (χ2n) is 4.84. The molecular weight excluding hydrogens is 252 g/mol. The zero-order valence-electron chi connectivity index (χ0n) is 11.0. The van der Waals surface area contributed by atoms with Crippen LogP contribution in [0.5, 0.6) is 0 Å². The minimum absolute atomic E-state index is 0.0363. The molecular formula is C11H18N4O2S. The van der Waals surface area contributed by atoms with Gasteiger partial charge in [-0.25, -0.2) is 0 Å². The van der Waals surface area contributed by atoms with Crippen molar-refractivity contribution in [3.05, 3.63) is 11.8 Å². The molecule has 0 radical (unpaired) electrons. The number of aryl methyl sites for hydroxylation is 1. The molecule has 0 fully saturated rings. The molecule has 1 heterocycles. The normalized spacial score (nSPS) is 11.3. The second kappa shape index (κ2) is 5.45. The molecule has 0 atom stereocenters. The molecule has 0 saturated heterocycles. The van der Waals surface area contributed by atoms with E-state index in [0.717, 1.165) is 0 Å². The third kappa shape index (κ3) is 4.08. The van der Waals surface area contributed by atoms with Crippen LogP contribution in [0.15, 0.2) is 6.20 Å². The molecule has 100 valence electrons. The van der Waals surface area contributed by atoms with Gasteiger partial charge in [0.1, 0.15) is 17.4 Å². The summed E-state index contributed by atoms with van der Waals surface area (Å²) in [6, 6.07) is 0. The summed E-state index contributed by atoms with van der Waals surface area (Å²) in [5.74, 6) is 0.205. The van der Waals surface area contributed by atoms with Gasteiger partial charge in [0, 0.05) is 7.05 Å². The Morgan fingerprint density at radius 1 is 1.61 bits per heavy atom. The first-order chi connectivity index (χ1) is 8.20. The molecule has 6 nitrogen and oxygen atoms in total. The molecule has 1 aromatic rings. The van der Waals surface area contributed by atoms with E-state index in [4.69, 9.17) is 22.7 Å². The SMILES string of the molecule is Cn1ncc(C(N)=S)c1NC(=O)COC(C)(C)C. The molecule has 18 heavy (non-hydrogen) atoms. The standard InChI is InChI=1S/C11H18N4O2S/c1-11(2,3)17-6-8(16)14-10-7(9(12)18)5-13-15(10)4/h5H,6H2,1-4H3,(H2,12,18)(H,14,16). The van der Waals surface area contributed by atoms with Gasteiger partial charge in [0.05, 0.1) is 17.4 Å². The van der Waals surface area contributed by atoms with Gasteiger partial charge in [-0.1, -0.05) is 12.2 Å². The third-order valence-electron chi connectivity index (χ3n) is 2.10. The second-order valence-corrected chi connectivity index (χ2v) is 5.28. The van der Waals surface area contributed by atoms with Crippen molar-refractivity contribution in [2.45, 2.75) is 26.4 Å². The largest absolute Gasteiger partial charge is 0.389 e. The monoisotopic (exact) mass is 270 g/mol. The van der Waals surface area contributed by atoms with Gasteiger partial charge in [-0.05, 0) is 20.8 Å². The number of rotatable bonds is 4. The quantitative estimate of drug-likeness (QED) is 0.791. The highest BCUT2D eigenvalue weighted by Gasteiger charge is 2.16. The van der Waals surface area contributed by atoms with Crippen LogP contribution in [0.3, 0.4) is 0 Å². The molecule has 0 aliphatic heterocycles. The molecule has 0 saturated carbocycles. The predicted octanol–water partition coefficient (Wildman–Crippen LogP) is 0.808. The Labute approximate surface area is 111 Å². The van der Waals surface area contributed by atoms with E-state index in [0.29, 0.717) is 11.4 Å². The number of amides is 1. The van der Waals surface area contributed by atoms with Gasteiger partial charge in [-0.3, -0.25) is 9.48 Å². The summed E-state index contributed by atoms with van der Waals surface area (Å²) in [5.41, 5.74) is 5.72. The molecule has 7 heteroatoms. The van der Waals surface area contributed by atoms with Crippen molar-refractivity contribution in [1.82, 2.24) is 9.78 Å². The Morgan fingerprint density at radius 3 is 2.72 bits per heavy atom. The number of hydrogen-bond acceptors (Lipinski definition) is 4. The smallest absolute Gasteiger partial charge is 0.251 e. The van der Waals surface area contributed by atoms with Gasteiger partial charge < -0.3 is 15.8 Å². The molecule has 0 bridgehead atoms. The highest BCUT2D eigenvalue weighted by atomic mass is 32.1. The molecule has 3 N–H and O–H groups in total. The molecule has 0 unspecified atom stereocenters. The van der Waals surface area contributed by atoms with Crippen LogP contribution in [0.4, 0.5) is 5.82 Å². The summed E-state index contributed by atoms with van der Waals surface area (Å²) in [6.45, 7) is 5.60. The number of carbonyl (C=O) groups is 1. The van der Waals surface area contributed by atoms with Crippen molar-refractivity contribution < 1.29 is 9.53 Å². The third-order valence-corrected chi connectivity index (χ3v) is 2.32. The minimum Gasteiger partial charge on any atom is -0.389 e. The van der Waals surface area contributed by atoms with E-state index in [1.54, 1.807) is 7.05 Å². The van der Waals surface area contributed by atoms with Crippen LogP contribution < -0.4 is 11.1 Å². The summed E-state index contributed by atoms with van der Waals surface area (Å²) in [5, 5.41) is 6.68. The van der Waals surface area contributed by atoms with Crippen LogP contribution in [0.1, 0.15) is 26.3 Å². The summed E-state index contributed by atoms with van der Waals surface area (Å²) >= 11 is 4.88. The van der Waals surface area contributed by atoms with E-state index in [-0.39, 0.29) is 23.1 Å². The van der Waals surface area contributed by atoms with Crippen molar-refractivity contribution in [2.24, 2.45) is 12.8 Å². The van der Waals surface area contributed by atoms with Gasteiger partial charge in [0.25, 0.3) is 5.91 Å². The summed E-state index contributed by atoms with van der Waals surface area (Å²) in [4.78, 5) is 11.9. The number of carbonyl (C=O) groups excluding carboxylic acids is 1. The lowest BCUT2D eigenvalue weighted by Crippen LogP contribution is -2.28. The van der Waals surface area contributed by atoms with Crippen molar-refractivity contribution in [3.8, 4) is 0 Å². The van der Waals surface area contributed by atoms with E-state index in [2.05, 4.69) is 10.4 Å². The van der Waals surface area contributed by atoms with Gasteiger partial charge in [-0.15, -0.1) is 0 Å². The van der Waals surface area contributed by atoms with Crippen LogP contribution in [0.2, 0.25) is 0 Å². The maximum Gasteiger partial charge on any atom is 0.251 e. The Balaban J connectivity index is 2.70. The zero-order chi connectivity index (χ0) is 13.9. The Hall–Kier alpha value is -1.47. The van der Waals surface area contributed by atoms with Crippen molar-refractivity contribution in [3.63, 3.8) is 0 Å². The van der Waals surface area contributed by atoms with E-state index in [9.17, 15) is 4.79 Å². The number of nitrogens with two attached hydrogens (primary N) is 1. The highest BCUT2D eigenvalue weighted by molar-refractivity contribution is 7.80. The Kier molecular flexibility index (Phi) is 4.42. The van der Waals surface area contributed by atoms with E-state index < -0.39 is 0 Å². The van der Waals surface area contributed by atoms with Crippen molar-refractivity contribution in [2.75, 3.05) is 11.9 Å². The molecule has 0 aromatic carbocycles. The van der Waals surface area contributed by atoms with Crippen LogP contribution >= 0.6 is 12.2 Å². The summed E-state index contributed by atoms with van der Waals surface area (Å²) in [7, 11) is 1.70. The molecule has 1 amide bonds. The number of aromatic nitrogens is 2. The number of nitrogens with one attached hydrogen (secondary N) is 1. The maximum absolute atomic E-state index is 11.7. The van der Waals surface area contributed by atoms with Crippen molar-refractivity contribution >= 4 is 28.9 Å². The van der Waals surface area contributed by atoms with Crippen LogP contribution in [-0.4, -0.2) is 32.9 Å². The first-order valence-corrected chi connectivity index (χ1v) is 5.87. The molecule has 0 aliphatic rings. The Bertz CT molecular complexity index is 462. The lowest BCUT2D eigenvalue weighted by Gasteiger charge is -2.19. The Morgan fingerprint density at radius 2 is 2.22 bits per heavy atom. The number of ether oxygens (including phenoxy) is 1.